The van der Waals surface area contributed by atoms with Gasteiger partial charge < -0.3 is 14.5 Å². The minimum atomic E-state index is -4.49. The van der Waals surface area contributed by atoms with E-state index in [1.165, 1.54) is 6.92 Å². The highest BCUT2D eigenvalue weighted by molar-refractivity contribution is 5.78. The molecule has 0 aliphatic carbocycles. The summed E-state index contributed by atoms with van der Waals surface area (Å²) in [6.07, 6.45) is -0.844. The molecule has 0 N–H and O–H groups in total. The molecule has 0 amide bonds. The molecule has 3 saturated heterocycles. The zero-order valence-corrected chi connectivity index (χ0v) is 19.0. The van der Waals surface area contributed by atoms with Crippen LogP contribution in [0.5, 0.6) is 0 Å². The Labute approximate surface area is 194 Å². The van der Waals surface area contributed by atoms with Gasteiger partial charge in [0.25, 0.3) is 0 Å². The average molecular weight is 474 g/mol. The van der Waals surface area contributed by atoms with Crippen molar-refractivity contribution in [3.05, 3.63) is 29.5 Å². The van der Waals surface area contributed by atoms with Gasteiger partial charge in [-0.3, -0.25) is 0 Å². The summed E-state index contributed by atoms with van der Waals surface area (Å²) in [6.45, 7) is 7.59. The van der Waals surface area contributed by atoms with E-state index in [9.17, 15) is 13.2 Å². The number of aromatic nitrogens is 6. The highest BCUT2D eigenvalue weighted by atomic mass is 19.4. The first-order valence-electron chi connectivity index (χ1n) is 11.4. The number of fused-ring (bicyclic) bond motifs is 1. The van der Waals surface area contributed by atoms with Crippen LogP contribution in [0.15, 0.2) is 12.3 Å². The lowest BCUT2D eigenvalue weighted by Crippen LogP contribution is -2.32. The van der Waals surface area contributed by atoms with Crippen molar-refractivity contribution in [3.63, 3.8) is 0 Å². The first-order chi connectivity index (χ1) is 16.2. The van der Waals surface area contributed by atoms with Crippen LogP contribution in [-0.2, 0) is 10.9 Å². The second-order valence-corrected chi connectivity index (χ2v) is 9.63. The molecule has 180 valence electrons. The molecule has 1 atom stereocenters. The number of ether oxygens (including phenoxy) is 1. The number of anilines is 2. The number of hydrogen-bond acceptors (Lipinski definition) is 8. The largest absolute Gasteiger partial charge is 0.433 e. The van der Waals surface area contributed by atoms with Gasteiger partial charge in [-0.2, -0.15) is 23.3 Å². The summed E-state index contributed by atoms with van der Waals surface area (Å²) in [5.74, 6) is 1.14. The molecule has 6 rings (SSSR count). The van der Waals surface area contributed by atoms with E-state index < -0.39 is 11.9 Å². The maximum absolute atomic E-state index is 13.2. The third-order valence-corrected chi connectivity index (χ3v) is 7.19. The second-order valence-electron chi connectivity index (χ2n) is 9.63. The minimum absolute atomic E-state index is 0.0342. The number of nitrogens with zero attached hydrogens (tertiary/aromatic N) is 8. The van der Waals surface area contributed by atoms with Crippen LogP contribution in [0, 0.1) is 19.3 Å². The molecule has 0 saturated carbocycles. The van der Waals surface area contributed by atoms with Crippen LogP contribution in [0.4, 0.5) is 24.9 Å². The Morgan fingerprint density at radius 3 is 2.47 bits per heavy atom. The fourth-order valence-electron chi connectivity index (χ4n) is 5.26. The van der Waals surface area contributed by atoms with Crippen molar-refractivity contribution in [2.75, 3.05) is 49.2 Å². The molecule has 3 aliphatic heterocycles. The zero-order chi connectivity index (χ0) is 23.7. The van der Waals surface area contributed by atoms with Gasteiger partial charge in [0, 0.05) is 43.9 Å². The molecule has 3 aromatic heterocycles. The summed E-state index contributed by atoms with van der Waals surface area (Å²) in [6, 6.07) is 1.26. The van der Waals surface area contributed by atoms with Crippen LogP contribution in [0.1, 0.15) is 36.1 Å². The van der Waals surface area contributed by atoms with Gasteiger partial charge in [0.2, 0.25) is 5.95 Å². The lowest BCUT2D eigenvalue weighted by Gasteiger charge is -2.27. The van der Waals surface area contributed by atoms with Crippen LogP contribution < -0.4 is 9.80 Å². The molecule has 1 spiro atoms. The van der Waals surface area contributed by atoms with Crippen molar-refractivity contribution in [2.24, 2.45) is 5.41 Å². The Morgan fingerprint density at radius 1 is 1.03 bits per heavy atom. The van der Waals surface area contributed by atoms with E-state index in [0.717, 1.165) is 48.7 Å². The second kappa shape index (κ2) is 7.49. The summed E-state index contributed by atoms with van der Waals surface area (Å²) < 4.78 is 47.0. The predicted octanol–water partition coefficient (Wildman–Crippen LogP) is 2.93. The standard InChI is InChI=1S/C22H25F3N8O/c1-13-16-8-26-20(29-19(16)33(30-13)15-9-34-10-15)32-6-4-21(12-32)3-5-31(11-21)18-7-17(22(23,24)25)27-14(2)28-18/h7-8,15H,3-6,9-12H2,1-2H3/t21-/m1/s1. The Kier molecular flexibility index (Phi) is 4.74. The van der Waals surface area contributed by atoms with Crippen molar-refractivity contribution in [2.45, 2.75) is 38.9 Å². The Hall–Kier alpha value is -3.02. The topological polar surface area (TPSA) is 85.1 Å². The monoisotopic (exact) mass is 474 g/mol. The fourth-order valence-corrected chi connectivity index (χ4v) is 5.26. The number of alkyl halides is 3. The molecule has 0 unspecified atom stereocenters. The summed E-state index contributed by atoms with van der Waals surface area (Å²) >= 11 is 0. The Morgan fingerprint density at radius 2 is 1.76 bits per heavy atom. The molecule has 6 heterocycles. The third kappa shape index (κ3) is 3.55. The van der Waals surface area contributed by atoms with E-state index in [-0.39, 0.29) is 17.3 Å². The zero-order valence-electron chi connectivity index (χ0n) is 19.0. The van der Waals surface area contributed by atoms with E-state index in [1.807, 2.05) is 22.7 Å². The smallest absolute Gasteiger partial charge is 0.377 e. The molecule has 0 radical (unpaired) electrons. The van der Waals surface area contributed by atoms with Crippen LogP contribution in [-0.4, -0.2) is 69.1 Å². The minimum Gasteiger partial charge on any atom is -0.377 e. The molecule has 9 nitrogen and oxygen atoms in total. The normalized spacial score (nSPS) is 23.4. The molecule has 0 bridgehead atoms. The van der Waals surface area contributed by atoms with Gasteiger partial charge in [0.15, 0.2) is 5.65 Å². The Bertz CT molecular complexity index is 1260. The summed E-state index contributed by atoms with van der Waals surface area (Å²) in [5.41, 5.74) is 0.791. The van der Waals surface area contributed by atoms with Crippen molar-refractivity contribution in [1.29, 1.82) is 0 Å². The summed E-state index contributed by atoms with van der Waals surface area (Å²) in [5, 5.41) is 5.58. The van der Waals surface area contributed by atoms with Crippen LogP contribution in [0.25, 0.3) is 11.0 Å². The quantitative estimate of drug-likeness (QED) is 0.573. The van der Waals surface area contributed by atoms with E-state index in [2.05, 4.69) is 25.0 Å². The van der Waals surface area contributed by atoms with Crippen molar-refractivity contribution < 1.29 is 17.9 Å². The van der Waals surface area contributed by atoms with Crippen molar-refractivity contribution in [1.82, 2.24) is 29.7 Å². The number of rotatable bonds is 3. The summed E-state index contributed by atoms with van der Waals surface area (Å²) in [4.78, 5) is 21.5. The highest BCUT2D eigenvalue weighted by Gasteiger charge is 2.45. The third-order valence-electron chi connectivity index (χ3n) is 7.19. The van der Waals surface area contributed by atoms with Crippen LogP contribution in [0.3, 0.4) is 0 Å². The molecule has 12 heteroatoms. The van der Waals surface area contributed by atoms with E-state index in [0.29, 0.717) is 38.1 Å². The van der Waals surface area contributed by atoms with E-state index >= 15 is 0 Å². The number of aryl methyl sites for hydroxylation is 2. The molecular formula is C22H25F3N8O. The first-order valence-corrected chi connectivity index (χ1v) is 11.4. The van der Waals surface area contributed by atoms with Gasteiger partial charge in [-0.25, -0.2) is 19.6 Å². The van der Waals surface area contributed by atoms with E-state index in [4.69, 9.17) is 9.72 Å². The van der Waals surface area contributed by atoms with E-state index in [1.54, 1.807) is 0 Å². The van der Waals surface area contributed by atoms with Crippen molar-refractivity contribution >= 4 is 22.8 Å². The van der Waals surface area contributed by atoms with Gasteiger partial charge in [-0.1, -0.05) is 0 Å². The number of hydrogen-bond donors (Lipinski definition) is 0. The Balaban J connectivity index is 1.22. The van der Waals surface area contributed by atoms with Gasteiger partial charge in [-0.15, -0.1) is 0 Å². The van der Waals surface area contributed by atoms with Gasteiger partial charge in [0.05, 0.1) is 24.3 Å². The van der Waals surface area contributed by atoms with Gasteiger partial charge >= 0.3 is 6.18 Å². The van der Waals surface area contributed by atoms with Crippen LogP contribution >= 0.6 is 0 Å². The predicted molar refractivity (Wildman–Crippen MR) is 118 cm³/mol. The summed E-state index contributed by atoms with van der Waals surface area (Å²) in [7, 11) is 0. The van der Waals surface area contributed by atoms with Gasteiger partial charge in [-0.05, 0) is 26.7 Å². The first kappa shape index (κ1) is 21.5. The fraction of sp³-hybridized carbons (Fsp3) is 0.591. The highest BCUT2D eigenvalue weighted by Crippen LogP contribution is 2.42. The van der Waals surface area contributed by atoms with Crippen molar-refractivity contribution in [3.8, 4) is 0 Å². The maximum Gasteiger partial charge on any atom is 0.433 e. The average Bonchev–Trinajstić information content (AvgIpc) is 3.45. The van der Waals surface area contributed by atoms with Gasteiger partial charge in [0.1, 0.15) is 23.4 Å². The molecule has 3 aromatic rings. The SMILES string of the molecule is Cc1nc(N2CC[C@@]3(CCN(c4ncc5c(C)nn(C6COC6)c5n4)C3)C2)cc(C(F)(F)F)n1. The molecule has 3 aliphatic rings. The lowest BCUT2D eigenvalue weighted by molar-refractivity contribution is -0.141. The maximum atomic E-state index is 13.2. The molecule has 0 aromatic carbocycles. The number of halogens is 3. The molecule has 34 heavy (non-hydrogen) atoms. The lowest BCUT2D eigenvalue weighted by atomic mass is 9.86. The molecule has 3 fully saturated rings. The van der Waals surface area contributed by atoms with Crippen LogP contribution in [0.2, 0.25) is 0 Å². The molecular weight excluding hydrogens is 449 g/mol.